The Balaban J connectivity index is 2.04. The lowest BCUT2D eigenvalue weighted by molar-refractivity contribution is 0.0855. The first kappa shape index (κ1) is 12.8. The minimum Gasteiger partial charge on any atom is -0.377 e. The number of hydrogen-bond donors (Lipinski definition) is 1. The summed E-state index contributed by atoms with van der Waals surface area (Å²) in [5, 5.41) is 4.25. The first-order valence-electron chi connectivity index (χ1n) is 5.60. The van der Waals surface area contributed by atoms with Gasteiger partial charge < -0.3 is 10.1 Å². The molecule has 1 aromatic heterocycles. The quantitative estimate of drug-likeness (QED) is 0.909. The van der Waals surface area contributed by atoms with Crippen LogP contribution in [-0.2, 0) is 4.74 Å². The summed E-state index contributed by atoms with van der Waals surface area (Å²) in [5.74, 6) is 0. The highest BCUT2D eigenvalue weighted by atomic mass is 79.9. The largest absolute Gasteiger partial charge is 0.377 e. The molecule has 0 aliphatic rings. The number of nitrogens with one attached hydrogen (secondary N) is 1. The zero-order valence-corrected chi connectivity index (χ0v) is 12.3. The van der Waals surface area contributed by atoms with Crippen LogP contribution in [0.5, 0.6) is 0 Å². The predicted molar refractivity (Wildman–Crippen MR) is 76.9 cm³/mol. The van der Waals surface area contributed by atoms with Crippen LogP contribution < -0.4 is 5.32 Å². The highest BCUT2D eigenvalue weighted by Crippen LogP contribution is 2.28. The molecule has 17 heavy (non-hydrogen) atoms. The average molecular weight is 315 g/mol. The predicted octanol–water partition coefficient (Wildman–Crippen LogP) is 3.90. The van der Waals surface area contributed by atoms with Crippen LogP contribution >= 0.6 is 27.3 Å². The van der Waals surface area contributed by atoms with Gasteiger partial charge in [0.2, 0.25) is 0 Å². The number of thiazole rings is 1. The first-order valence-corrected chi connectivity index (χ1v) is 7.21. The molecule has 1 unspecified atom stereocenters. The monoisotopic (exact) mass is 314 g/mol. The van der Waals surface area contributed by atoms with Gasteiger partial charge in [-0.25, -0.2) is 4.98 Å². The number of fused-ring (bicyclic) bond motifs is 1. The zero-order valence-electron chi connectivity index (χ0n) is 9.87. The molecular weight excluding hydrogens is 300 g/mol. The summed E-state index contributed by atoms with van der Waals surface area (Å²) in [6, 6.07) is 6.12. The van der Waals surface area contributed by atoms with Crippen molar-refractivity contribution in [3.8, 4) is 0 Å². The molecule has 0 saturated heterocycles. The molecular formula is C12H15BrN2OS. The SMILES string of the molecule is CCOC(C)CNc1nc2ccc(Br)cc2s1. The van der Waals surface area contributed by atoms with Crippen molar-refractivity contribution < 1.29 is 4.74 Å². The maximum Gasteiger partial charge on any atom is 0.183 e. The number of aromatic nitrogens is 1. The third kappa shape index (κ3) is 3.40. The number of benzene rings is 1. The van der Waals surface area contributed by atoms with E-state index < -0.39 is 0 Å². The van der Waals surface area contributed by atoms with Crippen molar-refractivity contribution in [2.45, 2.75) is 20.0 Å². The van der Waals surface area contributed by atoms with E-state index in [1.165, 1.54) is 4.70 Å². The molecule has 0 bridgehead atoms. The second kappa shape index (κ2) is 5.80. The number of hydrogen-bond acceptors (Lipinski definition) is 4. The molecule has 1 N–H and O–H groups in total. The van der Waals surface area contributed by atoms with Gasteiger partial charge in [0.15, 0.2) is 5.13 Å². The van der Waals surface area contributed by atoms with Gasteiger partial charge in [0.05, 0.1) is 16.3 Å². The van der Waals surface area contributed by atoms with Gasteiger partial charge in [-0.3, -0.25) is 0 Å². The Bertz CT molecular complexity index is 500. The Hall–Kier alpha value is -0.650. The average Bonchev–Trinajstić information content (AvgIpc) is 2.68. The van der Waals surface area contributed by atoms with E-state index >= 15 is 0 Å². The Morgan fingerprint density at radius 2 is 2.35 bits per heavy atom. The third-order valence-electron chi connectivity index (χ3n) is 2.34. The van der Waals surface area contributed by atoms with Gasteiger partial charge in [-0.2, -0.15) is 0 Å². The highest BCUT2D eigenvalue weighted by Gasteiger charge is 2.05. The van der Waals surface area contributed by atoms with Gasteiger partial charge >= 0.3 is 0 Å². The highest BCUT2D eigenvalue weighted by molar-refractivity contribution is 9.10. The van der Waals surface area contributed by atoms with E-state index in [-0.39, 0.29) is 6.10 Å². The molecule has 2 rings (SSSR count). The number of anilines is 1. The zero-order chi connectivity index (χ0) is 12.3. The number of ether oxygens (including phenoxy) is 1. The van der Waals surface area contributed by atoms with E-state index in [1.54, 1.807) is 11.3 Å². The van der Waals surface area contributed by atoms with Crippen molar-refractivity contribution >= 4 is 42.6 Å². The summed E-state index contributed by atoms with van der Waals surface area (Å²) < 4.78 is 7.74. The topological polar surface area (TPSA) is 34.1 Å². The Morgan fingerprint density at radius 1 is 1.53 bits per heavy atom. The van der Waals surface area contributed by atoms with Crippen molar-refractivity contribution in [3.63, 3.8) is 0 Å². The second-order valence-electron chi connectivity index (χ2n) is 3.78. The number of rotatable bonds is 5. The number of halogens is 1. The fourth-order valence-electron chi connectivity index (χ4n) is 1.55. The van der Waals surface area contributed by atoms with Gasteiger partial charge in [-0.1, -0.05) is 27.3 Å². The van der Waals surface area contributed by atoms with E-state index in [4.69, 9.17) is 4.74 Å². The lowest BCUT2D eigenvalue weighted by atomic mass is 10.3. The molecule has 92 valence electrons. The van der Waals surface area contributed by atoms with Crippen LogP contribution in [0.3, 0.4) is 0 Å². The molecule has 0 fully saturated rings. The fourth-order valence-corrected chi connectivity index (χ4v) is 2.97. The minimum absolute atomic E-state index is 0.207. The Labute approximate surface area is 113 Å². The summed E-state index contributed by atoms with van der Waals surface area (Å²) in [4.78, 5) is 4.52. The van der Waals surface area contributed by atoms with E-state index in [9.17, 15) is 0 Å². The summed E-state index contributed by atoms with van der Waals surface area (Å²) in [7, 11) is 0. The van der Waals surface area contributed by atoms with E-state index in [1.807, 2.05) is 19.1 Å². The van der Waals surface area contributed by atoms with Crippen molar-refractivity contribution in [3.05, 3.63) is 22.7 Å². The summed E-state index contributed by atoms with van der Waals surface area (Å²) in [6.07, 6.45) is 0.207. The summed E-state index contributed by atoms with van der Waals surface area (Å²) in [6.45, 7) is 5.59. The standard InChI is InChI=1S/C12H15BrN2OS/c1-3-16-8(2)7-14-12-15-10-5-4-9(13)6-11(10)17-12/h4-6,8H,3,7H2,1-2H3,(H,14,15). The van der Waals surface area contributed by atoms with Crippen molar-refractivity contribution in [1.29, 1.82) is 0 Å². The molecule has 0 spiro atoms. The number of nitrogens with zero attached hydrogens (tertiary/aromatic N) is 1. The normalized spacial score (nSPS) is 12.9. The molecule has 1 atom stereocenters. The van der Waals surface area contributed by atoms with E-state index in [0.717, 1.165) is 28.3 Å². The van der Waals surface area contributed by atoms with Crippen LogP contribution in [0, 0.1) is 0 Å². The fraction of sp³-hybridized carbons (Fsp3) is 0.417. The second-order valence-corrected chi connectivity index (χ2v) is 5.72. The van der Waals surface area contributed by atoms with Gasteiger partial charge in [0.25, 0.3) is 0 Å². The van der Waals surface area contributed by atoms with Crippen molar-refractivity contribution in [2.24, 2.45) is 0 Å². The Kier molecular flexibility index (Phi) is 4.36. The van der Waals surface area contributed by atoms with E-state index in [2.05, 4.69) is 39.2 Å². The van der Waals surface area contributed by atoms with Crippen LogP contribution in [0.15, 0.2) is 22.7 Å². The van der Waals surface area contributed by atoms with Crippen molar-refractivity contribution in [1.82, 2.24) is 4.98 Å². The molecule has 1 heterocycles. The maximum atomic E-state index is 5.46. The van der Waals surface area contributed by atoms with Crippen LogP contribution in [0.25, 0.3) is 10.2 Å². The Morgan fingerprint density at radius 3 is 3.12 bits per heavy atom. The van der Waals surface area contributed by atoms with Gasteiger partial charge in [-0.15, -0.1) is 0 Å². The van der Waals surface area contributed by atoms with Crippen LogP contribution in [0.4, 0.5) is 5.13 Å². The lowest BCUT2D eigenvalue weighted by Gasteiger charge is -2.11. The van der Waals surface area contributed by atoms with Crippen LogP contribution in [0.2, 0.25) is 0 Å². The minimum atomic E-state index is 0.207. The molecule has 0 radical (unpaired) electrons. The molecule has 0 aliphatic carbocycles. The van der Waals surface area contributed by atoms with Gasteiger partial charge in [0.1, 0.15) is 0 Å². The molecule has 0 amide bonds. The molecule has 5 heteroatoms. The third-order valence-corrected chi connectivity index (χ3v) is 3.81. The molecule has 3 nitrogen and oxygen atoms in total. The van der Waals surface area contributed by atoms with E-state index in [0.29, 0.717) is 0 Å². The lowest BCUT2D eigenvalue weighted by Crippen LogP contribution is -2.19. The van der Waals surface area contributed by atoms with Gasteiger partial charge in [-0.05, 0) is 32.0 Å². The molecule has 0 saturated carbocycles. The van der Waals surface area contributed by atoms with Crippen LogP contribution in [0.1, 0.15) is 13.8 Å². The molecule has 0 aliphatic heterocycles. The molecule has 1 aromatic carbocycles. The first-order chi connectivity index (χ1) is 8.19. The van der Waals surface area contributed by atoms with Gasteiger partial charge in [0, 0.05) is 17.6 Å². The van der Waals surface area contributed by atoms with Crippen LogP contribution in [-0.4, -0.2) is 24.2 Å². The summed E-state index contributed by atoms with van der Waals surface area (Å²) in [5.41, 5.74) is 1.03. The summed E-state index contributed by atoms with van der Waals surface area (Å²) >= 11 is 5.13. The maximum absolute atomic E-state index is 5.46. The van der Waals surface area contributed by atoms with Crippen molar-refractivity contribution in [2.75, 3.05) is 18.5 Å². The molecule has 2 aromatic rings. The smallest absolute Gasteiger partial charge is 0.183 e.